The Morgan fingerprint density at radius 1 is 0.533 bits per heavy atom. The molecule has 0 bridgehead atoms. The third-order valence-electron chi connectivity index (χ3n) is 8.77. The van der Waals surface area contributed by atoms with E-state index in [1.807, 2.05) is 0 Å². The quantitative estimate of drug-likeness (QED) is 0.199. The van der Waals surface area contributed by atoms with E-state index >= 15 is 0 Å². The van der Waals surface area contributed by atoms with Crippen LogP contribution in [0.2, 0.25) is 0 Å². The molecular formula is C41H56N4. The third kappa shape index (κ3) is 8.54. The summed E-state index contributed by atoms with van der Waals surface area (Å²) in [6, 6.07) is 22.2. The number of nitrogens with one attached hydrogen (secondary N) is 2. The second-order valence-electron chi connectivity index (χ2n) is 14.6. The summed E-state index contributed by atoms with van der Waals surface area (Å²) in [6.45, 7) is 26.5. The van der Waals surface area contributed by atoms with Gasteiger partial charge in [-0.2, -0.15) is 0 Å². The second kappa shape index (κ2) is 14.6. The van der Waals surface area contributed by atoms with E-state index in [2.05, 4.69) is 159 Å². The number of hydrogen-bond acceptors (Lipinski definition) is 2. The van der Waals surface area contributed by atoms with Gasteiger partial charge in [-0.3, -0.25) is 4.99 Å². The Bertz CT molecular complexity index is 1640. The van der Waals surface area contributed by atoms with E-state index in [1.165, 1.54) is 50.2 Å². The lowest BCUT2D eigenvalue weighted by molar-refractivity contribution is 0.799. The average molecular weight is 605 g/mol. The Morgan fingerprint density at radius 2 is 1.11 bits per heavy atom. The lowest BCUT2D eigenvalue weighted by atomic mass is 9.98. The predicted molar refractivity (Wildman–Crippen MR) is 197 cm³/mol. The van der Waals surface area contributed by atoms with E-state index in [0.717, 1.165) is 23.3 Å². The van der Waals surface area contributed by atoms with Crippen molar-refractivity contribution in [3.05, 3.63) is 94.4 Å². The summed E-state index contributed by atoms with van der Waals surface area (Å²) in [4.78, 5) is 16.1. The zero-order valence-corrected chi connectivity index (χ0v) is 29.8. The zero-order valence-electron chi connectivity index (χ0n) is 29.8. The first kappa shape index (κ1) is 34.2. The van der Waals surface area contributed by atoms with Gasteiger partial charge in [-0.05, 0) is 87.6 Å². The molecule has 6 rings (SSSR count). The lowest BCUT2D eigenvalue weighted by Crippen LogP contribution is -2.06. The van der Waals surface area contributed by atoms with Crippen molar-refractivity contribution in [3.8, 4) is 0 Å². The van der Waals surface area contributed by atoms with Gasteiger partial charge < -0.3 is 9.97 Å². The molecule has 4 heteroatoms. The van der Waals surface area contributed by atoms with Crippen LogP contribution in [0.15, 0.2) is 65.7 Å². The van der Waals surface area contributed by atoms with Gasteiger partial charge in [0, 0.05) is 29.3 Å². The van der Waals surface area contributed by atoms with Gasteiger partial charge in [0.2, 0.25) is 0 Å². The van der Waals surface area contributed by atoms with Crippen LogP contribution in [-0.2, 0) is 6.42 Å². The molecule has 4 nitrogen and oxygen atoms in total. The molecule has 5 aromatic rings. The van der Waals surface area contributed by atoms with Gasteiger partial charge in [0.15, 0.2) is 0 Å². The monoisotopic (exact) mass is 604 g/mol. The predicted octanol–water partition coefficient (Wildman–Crippen LogP) is 12.3. The van der Waals surface area contributed by atoms with Crippen molar-refractivity contribution < 1.29 is 0 Å². The van der Waals surface area contributed by atoms with Crippen LogP contribution < -0.4 is 0 Å². The average Bonchev–Trinajstić information content (AvgIpc) is 3.73. The van der Waals surface area contributed by atoms with Crippen molar-refractivity contribution in [2.75, 3.05) is 0 Å². The van der Waals surface area contributed by atoms with Crippen LogP contribution in [0.5, 0.6) is 0 Å². The Hall–Kier alpha value is -3.66. The largest absolute Gasteiger partial charge is 0.358 e. The van der Waals surface area contributed by atoms with E-state index in [1.54, 1.807) is 0 Å². The topological polar surface area (TPSA) is 56.8 Å². The van der Waals surface area contributed by atoms with Gasteiger partial charge in [-0.25, -0.2) is 4.98 Å². The first-order valence-corrected chi connectivity index (χ1v) is 17.1. The van der Waals surface area contributed by atoms with Crippen LogP contribution in [0.1, 0.15) is 146 Å². The normalized spacial score (nSPS) is 12.8. The van der Waals surface area contributed by atoms with Crippen molar-refractivity contribution in [3.63, 3.8) is 0 Å². The number of imidazole rings is 1. The summed E-state index contributed by atoms with van der Waals surface area (Å²) < 4.78 is 0. The Balaban J connectivity index is 0.000000154. The number of hydrogen-bond donors (Lipinski definition) is 2. The van der Waals surface area contributed by atoms with Crippen molar-refractivity contribution in [1.29, 1.82) is 0 Å². The molecule has 0 atom stereocenters. The van der Waals surface area contributed by atoms with Gasteiger partial charge in [0.05, 0.1) is 16.7 Å². The summed E-state index contributed by atoms with van der Waals surface area (Å²) in [7, 11) is 0. The highest BCUT2D eigenvalue weighted by atomic mass is 14.9. The highest BCUT2D eigenvalue weighted by Crippen LogP contribution is 2.32. The van der Waals surface area contributed by atoms with Gasteiger partial charge in [0.1, 0.15) is 5.82 Å². The molecule has 45 heavy (non-hydrogen) atoms. The van der Waals surface area contributed by atoms with Crippen LogP contribution in [0.3, 0.4) is 0 Å². The highest BCUT2D eigenvalue weighted by molar-refractivity contribution is 5.95. The van der Waals surface area contributed by atoms with Crippen molar-refractivity contribution in [1.82, 2.24) is 15.0 Å². The molecule has 2 aromatic heterocycles. The molecule has 0 spiro atoms. The molecule has 1 aliphatic heterocycles. The van der Waals surface area contributed by atoms with E-state index in [9.17, 15) is 0 Å². The number of aliphatic imine (C=N–C) groups is 1. The summed E-state index contributed by atoms with van der Waals surface area (Å²) in [5.41, 5.74) is 12.9. The molecule has 0 amide bonds. The molecule has 0 saturated heterocycles. The zero-order chi connectivity index (χ0) is 33.0. The Kier molecular flexibility index (Phi) is 11.1. The minimum Gasteiger partial charge on any atom is -0.358 e. The van der Waals surface area contributed by atoms with Crippen molar-refractivity contribution in [2.24, 2.45) is 10.9 Å². The van der Waals surface area contributed by atoms with Crippen LogP contribution in [-0.4, -0.2) is 20.7 Å². The number of H-pyrrole nitrogens is 2. The standard InChI is InChI=1S/2C14H19N.C13H18N2/c2*1-9(2)11-5-6-12-8-13(10(3)4)15-14(12)7-11;1-8(2)10-5-6-11-12(7-10)15-13(14-11)9(3)4/h5-7,9-10H,8H2,1-4H3;5-10,15H,1-4H3;5-9H,1-4H3,(H,14,15). The van der Waals surface area contributed by atoms with E-state index in [4.69, 9.17) is 4.99 Å². The van der Waals surface area contributed by atoms with E-state index in [0.29, 0.717) is 35.5 Å². The molecule has 3 heterocycles. The van der Waals surface area contributed by atoms with Gasteiger partial charge >= 0.3 is 0 Å². The molecule has 2 N–H and O–H groups in total. The summed E-state index contributed by atoms with van der Waals surface area (Å²) in [6.07, 6.45) is 1.05. The number of fused-ring (bicyclic) bond motifs is 3. The number of nitrogens with zero attached hydrogens (tertiary/aromatic N) is 2. The van der Waals surface area contributed by atoms with Crippen LogP contribution in [0.25, 0.3) is 21.9 Å². The van der Waals surface area contributed by atoms with Gasteiger partial charge in [0.25, 0.3) is 0 Å². The fourth-order valence-electron chi connectivity index (χ4n) is 5.43. The smallest absolute Gasteiger partial charge is 0.109 e. The molecule has 0 saturated carbocycles. The number of aromatic amines is 2. The van der Waals surface area contributed by atoms with Gasteiger partial charge in [-0.1, -0.05) is 113 Å². The molecule has 240 valence electrons. The number of benzene rings is 3. The van der Waals surface area contributed by atoms with Crippen molar-refractivity contribution >= 4 is 33.3 Å². The fraction of sp³-hybridized carbons (Fsp3) is 0.463. The fourth-order valence-corrected chi connectivity index (χ4v) is 5.43. The van der Waals surface area contributed by atoms with Crippen LogP contribution in [0, 0.1) is 5.92 Å². The molecule has 3 aromatic carbocycles. The number of rotatable bonds is 6. The summed E-state index contributed by atoms with van der Waals surface area (Å²) >= 11 is 0. The minimum atomic E-state index is 0.458. The second-order valence-corrected chi connectivity index (χ2v) is 14.6. The molecule has 0 unspecified atom stereocenters. The maximum Gasteiger partial charge on any atom is 0.109 e. The Morgan fingerprint density at radius 3 is 1.69 bits per heavy atom. The molecule has 0 aliphatic carbocycles. The van der Waals surface area contributed by atoms with E-state index in [-0.39, 0.29) is 0 Å². The first-order chi connectivity index (χ1) is 21.2. The first-order valence-electron chi connectivity index (χ1n) is 17.1. The maximum atomic E-state index is 4.71. The van der Waals surface area contributed by atoms with E-state index < -0.39 is 0 Å². The maximum absolute atomic E-state index is 4.71. The molecule has 0 radical (unpaired) electrons. The third-order valence-corrected chi connectivity index (χ3v) is 8.77. The molecular weight excluding hydrogens is 548 g/mol. The molecule has 1 aliphatic rings. The van der Waals surface area contributed by atoms with Gasteiger partial charge in [-0.15, -0.1) is 0 Å². The summed E-state index contributed by atoms with van der Waals surface area (Å²) in [5.74, 6) is 4.43. The number of aromatic nitrogens is 3. The molecule has 0 fully saturated rings. The highest BCUT2D eigenvalue weighted by Gasteiger charge is 2.17. The minimum absolute atomic E-state index is 0.458. The summed E-state index contributed by atoms with van der Waals surface area (Å²) in [5, 5.41) is 1.32. The van der Waals surface area contributed by atoms with Crippen molar-refractivity contribution in [2.45, 2.75) is 119 Å². The van der Waals surface area contributed by atoms with Crippen LogP contribution in [0.4, 0.5) is 5.69 Å². The Labute approximate surface area is 272 Å². The lowest BCUT2D eigenvalue weighted by Gasteiger charge is -2.06. The van der Waals surface area contributed by atoms with Crippen LogP contribution >= 0.6 is 0 Å². The SMILES string of the molecule is CC(C)C1=Nc2cc(C(C)C)ccc2C1.CC(C)c1ccc2cc(C(C)C)[nH]c2c1.CC(C)c1ccc2nc(C(C)C)[nH]c2c1.